The van der Waals surface area contributed by atoms with Crippen LogP contribution in [-0.4, -0.2) is 48.0 Å². The van der Waals surface area contributed by atoms with E-state index in [1.807, 2.05) is 6.92 Å². The highest BCUT2D eigenvalue weighted by Gasteiger charge is 2.34. The van der Waals surface area contributed by atoms with Crippen molar-refractivity contribution in [3.8, 4) is 11.5 Å². The second kappa shape index (κ2) is 6.98. The molecule has 1 aliphatic carbocycles. The maximum atomic E-state index is 12.6. The lowest BCUT2D eigenvalue weighted by molar-refractivity contribution is -0.125. The van der Waals surface area contributed by atoms with Crippen molar-refractivity contribution >= 4 is 17.7 Å². The molecule has 9 nitrogen and oxygen atoms in total. The molecule has 2 amide bonds. The van der Waals surface area contributed by atoms with Crippen LogP contribution < -0.4 is 19.7 Å². The Hall–Kier alpha value is -3.23. The van der Waals surface area contributed by atoms with Crippen LogP contribution in [0.25, 0.3) is 0 Å². The molecule has 1 aromatic carbocycles. The molecule has 2 aromatic rings. The van der Waals surface area contributed by atoms with Gasteiger partial charge in [-0.2, -0.15) is 0 Å². The number of H-pyrrole nitrogens is 1. The monoisotopic (exact) mass is 398 g/mol. The Kier molecular flexibility index (Phi) is 4.30. The number of aryl methyl sites for hydroxylation is 2. The molecule has 2 N–H and O–H groups in total. The zero-order valence-electron chi connectivity index (χ0n) is 16.1. The molecular formula is C20H22N4O5. The van der Waals surface area contributed by atoms with Crippen molar-refractivity contribution in [1.82, 2.24) is 15.3 Å². The molecule has 0 spiro atoms. The van der Waals surface area contributed by atoms with E-state index in [1.165, 1.54) is 0 Å². The molecule has 5 rings (SSSR count). The number of hydrogen-bond acceptors (Lipinski definition) is 6. The number of nitrogens with zero attached hydrogens (tertiary/aromatic N) is 2. The fraction of sp³-hybridized carbons (Fsp3) is 0.450. The summed E-state index contributed by atoms with van der Waals surface area (Å²) in [7, 11) is 0. The number of carbonyl (C=O) groups excluding carboxylic acids is 2. The Morgan fingerprint density at radius 3 is 3.10 bits per heavy atom. The van der Waals surface area contributed by atoms with Gasteiger partial charge in [-0.05, 0) is 31.9 Å². The molecule has 3 heterocycles. The number of carbonyl (C=O) groups is 2. The van der Waals surface area contributed by atoms with Gasteiger partial charge < -0.3 is 24.5 Å². The molecule has 9 heteroatoms. The quantitative estimate of drug-likeness (QED) is 0.812. The van der Waals surface area contributed by atoms with Gasteiger partial charge in [0, 0.05) is 24.1 Å². The van der Waals surface area contributed by atoms with Crippen LogP contribution in [0.4, 0.5) is 10.5 Å². The maximum absolute atomic E-state index is 12.6. The van der Waals surface area contributed by atoms with E-state index in [4.69, 9.17) is 14.2 Å². The van der Waals surface area contributed by atoms with Gasteiger partial charge in [-0.15, -0.1) is 0 Å². The SMILES string of the molecule is Cc1nc2c([nH]1)CC(C(=O)NCC1CN(c3ccc4c(c3)OCO4)C(=O)O1)CC2. The third-order valence-corrected chi connectivity index (χ3v) is 5.58. The number of imidazole rings is 1. The van der Waals surface area contributed by atoms with E-state index in [0.29, 0.717) is 30.2 Å². The summed E-state index contributed by atoms with van der Waals surface area (Å²) in [5, 5.41) is 2.94. The predicted octanol–water partition coefficient (Wildman–Crippen LogP) is 1.69. The molecule has 0 radical (unpaired) electrons. The summed E-state index contributed by atoms with van der Waals surface area (Å²) >= 11 is 0. The topological polar surface area (TPSA) is 106 Å². The first-order chi connectivity index (χ1) is 14.1. The van der Waals surface area contributed by atoms with E-state index in [2.05, 4.69) is 15.3 Å². The van der Waals surface area contributed by atoms with Gasteiger partial charge in [0.25, 0.3) is 0 Å². The van der Waals surface area contributed by atoms with Crippen LogP contribution in [0.1, 0.15) is 23.6 Å². The number of benzene rings is 1. The third kappa shape index (κ3) is 3.37. The van der Waals surface area contributed by atoms with Gasteiger partial charge in [0.2, 0.25) is 12.7 Å². The average Bonchev–Trinajstić information content (AvgIpc) is 3.41. The van der Waals surface area contributed by atoms with Crippen LogP contribution in [0.2, 0.25) is 0 Å². The van der Waals surface area contributed by atoms with Gasteiger partial charge in [0.15, 0.2) is 11.5 Å². The molecule has 1 saturated heterocycles. The number of nitrogens with one attached hydrogen (secondary N) is 2. The van der Waals surface area contributed by atoms with Crippen molar-refractivity contribution in [3.05, 3.63) is 35.4 Å². The standard InChI is InChI=1S/C20H22N4O5/c1-11-22-15-4-2-12(6-16(15)23-11)19(25)21-8-14-9-24(20(26)29-14)13-3-5-17-18(7-13)28-10-27-17/h3,5,7,12,14H,2,4,6,8-10H2,1H3,(H,21,25)(H,22,23). The largest absolute Gasteiger partial charge is 0.454 e. The second-order valence-corrected chi connectivity index (χ2v) is 7.59. The summed E-state index contributed by atoms with van der Waals surface area (Å²) in [5.41, 5.74) is 2.80. The number of aromatic nitrogens is 2. The maximum Gasteiger partial charge on any atom is 0.414 e. The van der Waals surface area contributed by atoms with Crippen molar-refractivity contribution in [3.63, 3.8) is 0 Å². The summed E-state index contributed by atoms with van der Waals surface area (Å²) in [4.78, 5) is 34.1. The molecule has 29 heavy (non-hydrogen) atoms. The summed E-state index contributed by atoms with van der Waals surface area (Å²) in [6.45, 7) is 2.76. The van der Waals surface area contributed by atoms with E-state index in [0.717, 1.165) is 30.1 Å². The highest BCUT2D eigenvalue weighted by atomic mass is 16.7. The molecule has 2 unspecified atom stereocenters. The zero-order chi connectivity index (χ0) is 20.0. The summed E-state index contributed by atoms with van der Waals surface area (Å²) < 4.78 is 16.1. The lowest BCUT2D eigenvalue weighted by Crippen LogP contribution is -2.39. The van der Waals surface area contributed by atoms with Crippen LogP contribution >= 0.6 is 0 Å². The number of anilines is 1. The minimum atomic E-state index is -0.432. The van der Waals surface area contributed by atoms with Crippen molar-refractivity contribution in [2.24, 2.45) is 5.92 Å². The summed E-state index contributed by atoms with van der Waals surface area (Å²) in [6, 6.07) is 5.33. The van der Waals surface area contributed by atoms with Crippen molar-refractivity contribution < 1.29 is 23.8 Å². The fourth-order valence-electron chi connectivity index (χ4n) is 4.10. The number of ether oxygens (including phenoxy) is 3. The van der Waals surface area contributed by atoms with Gasteiger partial charge in [-0.1, -0.05) is 0 Å². The predicted molar refractivity (Wildman–Crippen MR) is 102 cm³/mol. The zero-order valence-corrected chi connectivity index (χ0v) is 16.1. The first kappa shape index (κ1) is 17.8. The minimum Gasteiger partial charge on any atom is -0.454 e. The van der Waals surface area contributed by atoms with Gasteiger partial charge in [-0.25, -0.2) is 9.78 Å². The molecule has 152 valence electrons. The van der Waals surface area contributed by atoms with Crippen LogP contribution in [0.15, 0.2) is 18.2 Å². The van der Waals surface area contributed by atoms with E-state index in [-0.39, 0.29) is 25.2 Å². The highest BCUT2D eigenvalue weighted by Crippen LogP contribution is 2.36. The smallest absolute Gasteiger partial charge is 0.414 e. The molecule has 3 aliphatic rings. The highest BCUT2D eigenvalue weighted by molar-refractivity contribution is 5.90. The Morgan fingerprint density at radius 1 is 1.34 bits per heavy atom. The normalized spacial score (nSPS) is 22.4. The summed E-state index contributed by atoms with van der Waals surface area (Å²) in [5.74, 6) is 2.05. The minimum absolute atomic E-state index is 0.0134. The molecule has 0 bridgehead atoms. The van der Waals surface area contributed by atoms with Crippen LogP contribution in [0.3, 0.4) is 0 Å². The number of hydrogen-bond donors (Lipinski definition) is 2. The van der Waals surface area contributed by atoms with Gasteiger partial charge >= 0.3 is 6.09 Å². The first-order valence-corrected chi connectivity index (χ1v) is 9.76. The number of aromatic amines is 1. The Morgan fingerprint density at radius 2 is 2.21 bits per heavy atom. The molecule has 2 atom stereocenters. The van der Waals surface area contributed by atoms with E-state index in [1.54, 1.807) is 23.1 Å². The lowest BCUT2D eigenvalue weighted by Gasteiger charge is -2.21. The Bertz CT molecular complexity index is 972. The summed E-state index contributed by atoms with van der Waals surface area (Å²) in [6.07, 6.45) is 1.41. The molecular weight excluding hydrogens is 376 g/mol. The third-order valence-electron chi connectivity index (χ3n) is 5.58. The Balaban J connectivity index is 1.17. The van der Waals surface area contributed by atoms with Crippen LogP contribution in [0.5, 0.6) is 11.5 Å². The van der Waals surface area contributed by atoms with Crippen LogP contribution in [-0.2, 0) is 22.4 Å². The molecule has 0 saturated carbocycles. The van der Waals surface area contributed by atoms with Gasteiger partial charge in [0.1, 0.15) is 11.9 Å². The van der Waals surface area contributed by atoms with Crippen molar-refractivity contribution in [2.75, 3.05) is 24.8 Å². The van der Waals surface area contributed by atoms with Crippen molar-refractivity contribution in [2.45, 2.75) is 32.3 Å². The number of amides is 2. The number of fused-ring (bicyclic) bond motifs is 2. The lowest BCUT2D eigenvalue weighted by atomic mass is 9.89. The van der Waals surface area contributed by atoms with E-state index >= 15 is 0 Å². The molecule has 1 fully saturated rings. The van der Waals surface area contributed by atoms with E-state index in [9.17, 15) is 9.59 Å². The second-order valence-electron chi connectivity index (χ2n) is 7.59. The van der Waals surface area contributed by atoms with Gasteiger partial charge in [-0.3, -0.25) is 9.69 Å². The molecule has 2 aliphatic heterocycles. The molecule has 1 aromatic heterocycles. The number of rotatable bonds is 4. The van der Waals surface area contributed by atoms with E-state index < -0.39 is 12.2 Å². The van der Waals surface area contributed by atoms with Crippen molar-refractivity contribution in [1.29, 1.82) is 0 Å². The van der Waals surface area contributed by atoms with Gasteiger partial charge in [0.05, 0.1) is 24.5 Å². The average molecular weight is 398 g/mol. The Labute approximate surface area is 167 Å². The fourth-order valence-corrected chi connectivity index (χ4v) is 4.10. The first-order valence-electron chi connectivity index (χ1n) is 9.76. The number of cyclic esters (lactones) is 1. The van der Waals surface area contributed by atoms with Crippen LogP contribution in [0, 0.1) is 12.8 Å².